The van der Waals surface area contributed by atoms with Gasteiger partial charge in [0.1, 0.15) is 5.82 Å². The van der Waals surface area contributed by atoms with E-state index in [1.807, 2.05) is 62.5 Å². The predicted octanol–water partition coefficient (Wildman–Crippen LogP) is 4.10. The minimum atomic E-state index is -0.0500. The minimum Gasteiger partial charge on any atom is -0.355 e. The second kappa shape index (κ2) is 7.35. The Bertz CT molecular complexity index is 965. The van der Waals surface area contributed by atoms with Crippen LogP contribution in [-0.2, 0) is 4.79 Å². The maximum atomic E-state index is 12.9. The molecule has 1 saturated heterocycles. The van der Waals surface area contributed by atoms with Crippen LogP contribution in [0.5, 0.6) is 0 Å². The number of fused-ring (bicyclic) bond motifs is 1. The van der Waals surface area contributed by atoms with Gasteiger partial charge in [-0.25, -0.2) is 4.98 Å². The summed E-state index contributed by atoms with van der Waals surface area (Å²) < 4.78 is 0. The SMILES string of the molecule is Cc1cccc(C)c1NC(=O)C1CCCN(c2cnc3ccccc3n2)C1. The van der Waals surface area contributed by atoms with E-state index in [2.05, 4.69) is 15.2 Å². The first-order chi connectivity index (χ1) is 13.1. The van der Waals surface area contributed by atoms with Crippen LogP contribution in [0.1, 0.15) is 24.0 Å². The second-order valence-corrected chi connectivity index (χ2v) is 7.26. The Balaban J connectivity index is 1.51. The molecule has 27 heavy (non-hydrogen) atoms. The van der Waals surface area contributed by atoms with Crippen LogP contribution in [0.25, 0.3) is 11.0 Å². The molecule has 5 heteroatoms. The molecular weight excluding hydrogens is 336 g/mol. The van der Waals surface area contributed by atoms with Crippen LogP contribution in [-0.4, -0.2) is 29.0 Å². The Hall–Kier alpha value is -2.95. The Morgan fingerprint density at radius 2 is 1.81 bits per heavy atom. The number of hydrogen-bond donors (Lipinski definition) is 1. The number of amides is 1. The van der Waals surface area contributed by atoms with E-state index in [0.29, 0.717) is 6.54 Å². The van der Waals surface area contributed by atoms with Crippen molar-refractivity contribution in [2.75, 3.05) is 23.3 Å². The lowest BCUT2D eigenvalue weighted by Gasteiger charge is -2.33. The zero-order valence-corrected chi connectivity index (χ0v) is 15.8. The molecule has 0 saturated carbocycles. The lowest BCUT2D eigenvalue weighted by molar-refractivity contribution is -0.120. The van der Waals surface area contributed by atoms with E-state index < -0.39 is 0 Å². The minimum absolute atomic E-state index is 0.0500. The first kappa shape index (κ1) is 17.5. The number of para-hydroxylation sites is 3. The number of rotatable bonds is 3. The van der Waals surface area contributed by atoms with Crippen molar-refractivity contribution < 1.29 is 4.79 Å². The summed E-state index contributed by atoms with van der Waals surface area (Å²) in [4.78, 5) is 24.3. The van der Waals surface area contributed by atoms with Gasteiger partial charge in [0.05, 0.1) is 23.1 Å². The lowest BCUT2D eigenvalue weighted by Crippen LogP contribution is -2.41. The van der Waals surface area contributed by atoms with Gasteiger partial charge in [0.25, 0.3) is 0 Å². The molecule has 1 N–H and O–H groups in total. The summed E-state index contributed by atoms with van der Waals surface area (Å²) in [6.07, 6.45) is 3.68. The van der Waals surface area contributed by atoms with Crippen LogP contribution in [0.4, 0.5) is 11.5 Å². The number of carbonyl (C=O) groups is 1. The van der Waals surface area contributed by atoms with Gasteiger partial charge in [0.2, 0.25) is 5.91 Å². The molecule has 2 heterocycles. The number of anilines is 2. The topological polar surface area (TPSA) is 58.1 Å². The highest BCUT2D eigenvalue weighted by molar-refractivity contribution is 5.94. The zero-order valence-electron chi connectivity index (χ0n) is 15.8. The Morgan fingerprint density at radius 1 is 1.07 bits per heavy atom. The maximum absolute atomic E-state index is 12.9. The predicted molar refractivity (Wildman–Crippen MR) is 109 cm³/mol. The molecule has 2 aromatic carbocycles. The fraction of sp³-hybridized carbons (Fsp3) is 0.318. The van der Waals surface area contributed by atoms with Crippen LogP contribution in [0, 0.1) is 19.8 Å². The van der Waals surface area contributed by atoms with E-state index in [1.54, 1.807) is 0 Å². The third-order valence-corrected chi connectivity index (χ3v) is 5.28. The molecule has 1 amide bonds. The second-order valence-electron chi connectivity index (χ2n) is 7.26. The largest absolute Gasteiger partial charge is 0.355 e. The van der Waals surface area contributed by atoms with E-state index in [1.165, 1.54) is 0 Å². The summed E-state index contributed by atoms with van der Waals surface area (Å²) >= 11 is 0. The molecule has 138 valence electrons. The standard InChI is InChI=1S/C22H24N4O/c1-15-7-5-8-16(2)21(15)25-22(27)17-9-6-12-26(14-17)20-13-23-18-10-3-4-11-19(18)24-20/h3-5,7-8,10-11,13,17H,6,9,12,14H2,1-2H3,(H,25,27). The van der Waals surface area contributed by atoms with Crippen LogP contribution in [0.2, 0.25) is 0 Å². The number of piperidine rings is 1. The van der Waals surface area contributed by atoms with Gasteiger partial charge in [-0.05, 0) is 49.9 Å². The monoisotopic (exact) mass is 360 g/mol. The molecule has 0 bridgehead atoms. The van der Waals surface area contributed by atoms with Crippen molar-refractivity contribution in [2.24, 2.45) is 5.92 Å². The summed E-state index contributed by atoms with van der Waals surface area (Å²) in [5.74, 6) is 0.884. The van der Waals surface area contributed by atoms with Crippen molar-refractivity contribution in [3.63, 3.8) is 0 Å². The molecule has 4 rings (SSSR count). The lowest BCUT2D eigenvalue weighted by atomic mass is 9.96. The highest BCUT2D eigenvalue weighted by Crippen LogP contribution is 2.25. The molecule has 1 aliphatic rings. The summed E-state index contributed by atoms with van der Waals surface area (Å²) in [7, 11) is 0. The van der Waals surface area contributed by atoms with E-state index in [0.717, 1.165) is 53.1 Å². The van der Waals surface area contributed by atoms with Crippen molar-refractivity contribution >= 4 is 28.4 Å². The van der Waals surface area contributed by atoms with E-state index in [-0.39, 0.29) is 11.8 Å². The molecule has 1 aliphatic heterocycles. The van der Waals surface area contributed by atoms with Crippen molar-refractivity contribution in [3.05, 3.63) is 59.8 Å². The molecular formula is C22H24N4O. The fourth-order valence-electron chi connectivity index (χ4n) is 3.74. The van der Waals surface area contributed by atoms with Crippen molar-refractivity contribution in [3.8, 4) is 0 Å². The average Bonchev–Trinajstić information content (AvgIpc) is 2.70. The van der Waals surface area contributed by atoms with Gasteiger partial charge in [-0.2, -0.15) is 0 Å². The summed E-state index contributed by atoms with van der Waals surface area (Å²) in [5, 5.41) is 3.15. The summed E-state index contributed by atoms with van der Waals surface area (Å²) in [6, 6.07) is 13.9. The molecule has 3 aromatic rings. The maximum Gasteiger partial charge on any atom is 0.229 e. The van der Waals surface area contributed by atoms with Crippen molar-refractivity contribution in [1.82, 2.24) is 9.97 Å². The number of nitrogens with zero attached hydrogens (tertiary/aromatic N) is 3. The molecule has 1 fully saturated rings. The third kappa shape index (κ3) is 3.63. The normalized spacial score (nSPS) is 17.1. The Labute approximate surface area is 159 Å². The van der Waals surface area contributed by atoms with E-state index in [9.17, 15) is 4.79 Å². The summed E-state index contributed by atoms with van der Waals surface area (Å²) in [5.41, 5.74) is 4.90. The van der Waals surface area contributed by atoms with E-state index in [4.69, 9.17) is 4.98 Å². The van der Waals surface area contributed by atoms with Gasteiger partial charge >= 0.3 is 0 Å². The van der Waals surface area contributed by atoms with Crippen LogP contribution >= 0.6 is 0 Å². The number of aromatic nitrogens is 2. The van der Waals surface area contributed by atoms with Crippen molar-refractivity contribution in [2.45, 2.75) is 26.7 Å². The van der Waals surface area contributed by atoms with Crippen LogP contribution in [0.15, 0.2) is 48.7 Å². The third-order valence-electron chi connectivity index (χ3n) is 5.28. The molecule has 0 radical (unpaired) electrons. The molecule has 0 aliphatic carbocycles. The van der Waals surface area contributed by atoms with Gasteiger partial charge in [-0.3, -0.25) is 9.78 Å². The summed E-state index contributed by atoms with van der Waals surface area (Å²) in [6.45, 7) is 5.63. The fourth-order valence-corrected chi connectivity index (χ4v) is 3.74. The Kier molecular flexibility index (Phi) is 4.75. The van der Waals surface area contributed by atoms with E-state index >= 15 is 0 Å². The molecule has 5 nitrogen and oxygen atoms in total. The molecule has 1 atom stereocenters. The highest BCUT2D eigenvalue weighted by atomic mass is 16.1. The van der Waals surface area contributed by atoms with Crippen LogP contribution in [0.3, 0.4) is 0 Å². The highest BCUT2D eigenvalue weighted by Gasteiger charge is 2.27. The quantitative estimate of drug-likeness (QED) is 0.764. The number of carbonyl (C=O) groups excluding carboxylic acids is 1. The first-order valence-electron chi connectivity index (χ1n) is 9.45. The molecule has 1 aromatic heterocycles. The first-order valence-corrected chi connectivity index (χ1v) is 9.45. The number of nitrogens with one attached hydrogen (secondary N) is 1. The van der Waals surface area contributed by atoms with Gasteiger partial charge in [0.15, 0.2) is 0 Å². The van der Waals surface area contributed by atoms with Gasteiger partial charge in [-0.15, -0.1) is 0 Å². The van der Waals surface area contributed by atoms with Gasteiger partial charge < -0.3 is 10.2 Å². The van der Waals surface area contributed by atoms with Crippen molar-refractivity contribution in [1.29, 1.82) is 0 Å². The van der Waals surface area contributed by atoms with Gasteiger partial charge in [-0.1, -0.05) is 30.3 Å². The number of benzene rings is 2. The number of aryl methyl sites for hydroxylation is 2. The Morgan fingerprint density at radius 3 is 2.59 bits per heavy atom. The number of hydrogen-bond acceptors (Lipinski definition) is 4. The zero-order chi connectivity index (χ0) is 18.8. The molecule has 1 unspecified atom stereocenters. The smallest absolute Gasteiger partial charge is 0.229 e. The van der Waals surface area contributed by atoms with Crippen LogP contribution < -0.4 is 10.2 Å². The molecule has 0 spiro atoms. The van der Waals surface area contributed by atoms with Gasteiger partial charge in [0, 0.05) is 18.8 Å². The average molecular weight is 360 g/mol.